The maximum Gasteiger partial charge on any atom is 0.241 e. The first-order chi connectivity index (χ1) is 25.7. The monoisotopic (exact) mass is 692 g/mol. The van der Waals surface area contributed by atoms with Crippen LogP contribution in [0.3, 0.4) is 0 Å². The normalized spacial score (nSPS) is 11.0. The number of hydrogen-bond acceptors (Lipinski definition) is 1. The van der Waals surface area contributed by atoms with Gasteiger partial charge < -0.3 is 4.57 Å². The van der Waals surface area contributed by atoms with Crippen LogP contribution in [0.2, 0.25) is 0 Å². The zero-order valence-electron chi connectivity index (χ0n) is 30.6. The smallest absolute Gasteiger partial charge is 0.241 e. The Kier molecular flexibility index (Phi) is 13.3. The highest BCUT2D eigenvalue weighted by Gasteiger charge is 2.37. The molecule has 0 aliphatic carbocycles. The van der Waals surface area contributed by atoms with Crippen molar-refractivity contribution in [2.24, 2.45) is 0 Å². The Balaban J connectivity index is 0.000000206. The third-order valence-electron chi connectivity index (χ3n) is 9.72. The highest BCUT2D eigenvalue weighted by atomic mass is 28.2. The highest BCUT2D eigenvalue weighted by molar-refractivity contribution is 6.95. The zero-order valence-corrected chi connectivity index (χ0v) is 31.6. The maximum absolute atomic E-state index is 4.49. The van der Waals surface area contributed by atoms with Gasteiger partial charge in [0.15, 0.2) is 0 Å². The maximum atomic E-state index is 4.49. The molecule has 7 rings (SSSR count). The minimum absolute atomic E-state index is 0.309. The molecule has 0 fully saturated rings. The van der Waals surface area contributed by atoms with Gasteiger partial charge >= 0.3 is 0 Å². The van der Waals surface area contributed by atoms with Gasteiger partial charge in [-0.1, -0.05) is 218 Å². The van der Waals surface area contributed by atoms with Crippen molar-refractivity contribution in [3.05, 3.63) is 211 Å². The SMILES string of the molecule is CCCCc1cccc(C([Si]c2ccccc2)(c2cccc(CCCC)c2)n2ccnc2)c1.c1ccc(B(c2ccccc2)c2ccccc2)cc1. The summed E-state index contributed by atoms with van der Waals surface area (Å²) in [5, 5.41) is 1.02. The van der Waals surface area contributed by atoms with Crippen molar-refractivity contribution in [1.82, 2.24) is 9.55 Å². The Labute approximate surface area is 314 Å². The molecule has 2 radical (unpaired) electrons. The summed E-state index contributed by atoms with van der Waals surface area (Å²) >= 11 is 0. The minimum Gasteiger partial charge on any atom is -0.326 e. The van der Waals surface area contributed by atoms with Gasteiger partial charge in [-0.25, -0.2) is 4.98 Å². The van der Waals surface area contributed by atoms with Crippen LogP contribution < -0.4 is 21.6 Å². The second-order valence-electron chi connectivity index (χ2n) is 13.4. The van der Waals surface area contributed by atoms with E-state index in [1.807, 2.05) is 12.5 Å². The van der Waals surface area contributed by atoms with Crippen molar-refractivity contribution in [3.63, 3.8) is 0 Å². The third-order valence-corrected chi connectivity index (χ3v) is 11.5. The zero-order chi connectivity index (χ0) is 35.9. The summed E-state index contributed by atoms with van der Waals surface area (Å²) < 4.78 is 2.33. The summed E-state index contributed by atoms with van der Waals surface area (Å²) in [5.74, 6) is 0. The molecule has 1 aromatic heterocycles. The molecule has 0 saturated heterocycles. The van der Waals surface area contributed by atoms with Crippen LogP contribution in [0.1, 0.15) is 61.8 Å². The van der Waals surface area contributed by atoms with Crippen LogP contribution in [-0.4, -0.2) is 25.8 Å². The quantitative estimate of drug-likeness (QED) is 0.105. The summed E-state index contributed by atoms with van der Waals surface area (Å²) in [7, 11) is 0.536. The topological polar surface area (TPSA) is 17.8 Å². The van der Waals surface area contributed by atoms with Gasteiger partial charge in [-0.3, -0.25) is 0 Å². The second kappa shape index (κ2) is 18.9. The van der Waals surface area contributed by atoms with Gasteiger partial charge in [-0.2, -0.15) is 0 Å². The first kappa shape index (κ1) is 36.6. The molecule has 0 aliphatic heterocycles. The molecule has 0 amide bonds. The van der Waals surface area contributed by atoms with Gasteiger partial charge in [0.25, 0.3) is 0 Å². The minimum atomic E-state index is -0.331. The summed E-state index contributed by atoms with van der Waals surface area (Å²) in [5.41, 5.74) is 9.50. The van der Waals surface area contributed by atoms with Gasteiger partial charge in [-0.05, 0) is 47.9 Å². The van der Waals surface area contributed by atoms with E-state index < -0.39 is 0 Å². The lowest BCUT2D eigenvalue weighted by Crippen LogP contribution is -2.51. The van der Waals surface area contributed by atoms with E-state index in [2.05, 4.69) is 199 Å². The molecule has 52 heavy (non-hydrogen) atoms. The largest absolute Gasteiger partial charge is 0.326 e. The molecule has 258 valence electrons. The van der Waals surface area contributed by atoms with E-state index in [1.54, 1.807) is 0 Å². The van der Waals surface area contributed by atoms with Crippen molar-refractivity contribution in [3.8, 4) is 0 Å². The molecule has 0 atom stereocenters. The molecule has 4 heteroatoms. The molecule has 0 saturated carbocycles. The fraction of sp³-hybridized carbons (Fsp3) is 0.188. The summed E-state index contributed by atoms with van der Waals surface area (Å²) in [6.45, 7) is 4.83. The number of aromatic nitrogens is 2. The van der Waals surface area contributed by atoms with Gasteiger partial charge in [0.05, 0.1) is 11.5 Å². The molecule has 7 aromatic rings. The fourth-order valence-electron chi connectivity index (χ4n) is 7.04. The molecule has 6 aromatic carbocycles. The van der Waals surface area contributed by atoms with E-state index in [1.165, 1.54) is 69.5 Å². The Morgan fingerprint density at radius 3 is 1.38 bits per heavy atom. The van der Waals surface area contributed by atoms with Gasteiger partial charge in [0.2, 0.25) is 6.71 Å². The van der Waals surface area contributed by atoms with Crippen LogP contribution >= 0.6 is 0 Å². The van der Waals surface area contributed by atoms with Crippen molar-refractivity contribution in [2.45, 2.75) is 57.5 Å². The number of benzene rings is 6. The van der Waals surface area contributed by atoms with Crippen LogP contribution in [-0.2, 0) is 18.0 Å². The number of aryl methyl sites for hydroxylation is 2. The van der Waals surface area contributed by atoms with Gasteiger partial charge in [0, 0.05) is 12.4 Å². The Morgan fingerprint density at radius 1 is 0.538 bits per heavy atom. The van der Waals surface area contributed by atoms with Crippen LogP contribution in [0.25, 0.3) is 0 Å². The van der Waals surface area contributed by atoms with Gasteiger partial charge in [0.1, 0.15) is 9.52 Å². The van der Waals surface area contributed by atoms with Gasteiger partial charge in [-0.15, -0.1) is 0 Å². The first-order valence-corrected chi connectivity index (χ1v) is 19.9. The predicted octanol–water partition coefficient (Wildman–Crippen LogP) is 8.55. The van der Waals surface area contributed by atoms with E-state index in [0.29, 0.717) is 16.2 Å². The van der Waals surface area contributed by atoms with E-state index in [0.717, 1.165) is 12.8 Å². The molecule has 0 N–H and O–H groups in total. The molecule has 2 nitrogen and oxygen atoms in total. The third kappa shape index (κ3) is 9.18. The Hall–Kier alpha value is -5.19. The highest BCUT2D eigenvalue weighted by Crippen LogP contribution is 2.35. The predicted molar refractivity (Wildman–Crippen MR) is 224 cm³/mol. The van der Waals surface area contributed by atoms with E-state index in [9.17, 15) is 0 Å². The fourth-order valence-corrected chi connectivity index (χ4v) is 8.68. The molecule has 0 aliphatic rings. The molecule has 1 heterocycles. The van der Waals surface area contributed by atoms with Crippen LogP contribution in [0.5, 0.6) is 0 Å². The van der Waals surface area contributed by atoms with Crippen LogP contribution in [0, 0.1) is 0 Å². The summed E-state index contributed by atoms with van der Waals surface area (Å²) in [4.78, 5) is 4.49. The van der Waals surface area contributed by atoms with E-state index in [4.69, 9.17) is 0 Å². The number of unbranched alkanes of at least 4 members (excludes halogenated alkanes) is 2. The number of nitrogens with zero attached hydrogens (tertiary/aromatic N) is 2. The first-order valence-electron chi connectivity index (χ1n) is 18.9. The molecular weight excluding hydrogens is 643 g/mol. The average molecular weight is 693 g/mol. The standard InChI is InChI=1S/C30H34N2Si.C18H15B/c1-3-5-12-25-14-10-16-27(22-25)30(32-21-20-31-24-32,33-29-18-8-7-9-19-29)28-17-11-15-26(23-28)13-6-4-2;1-4-10-16(11-5-1)19(17-12-6-2-7-13-17)18-14-8-3-9-15-18/h7-11,14-24H,3-6,12-13H2,1-2H3;1-15H. The van der Waals surface area contributed by atoms with Crippen molar-refractivity contribution < 1.29 is 0 Å². The molecular formula is C48H49BN2Si. The molecule has 0 bridgehead atoms. The summed E-state index contributed by atoms with van der Waals surface area (Å²) in [6, 6.07) is 61.5. The van der Waals surface area contributed by atoms with E-state index in [-0.39, 0.29) is 5.16 Å². The lowest BCUT2D eigenvalue weighted by Gasteiger charge is -2.37. The summed E-state index contributed by atoms with van der Waals surface area (Å²) in [6.07, 6.45) is 13.1. The van der Waals surface area contributed by atoms with Crippen LogP contribution in [0.15, 0.2) is 189 Å². The Morgan fingerprint density at radius 2 is 0.981 bits per heavy atom. The lowest BCUT2D eigenvalue weighted by molar-refractivity contribution is 0.594. The number of rotatable bonds is 14. The average Bonchev–Trinajstić information content (AvgIpc) is 3.76. The molecule has 0 unspecified atom stereocenters. The number of imidazole rings is 1. The van der Waals surface area contributed by atoms with Crippen molar-refractivity contribution in [1.29, 1.82) is 0 Å². The Bertz CT molecular complexity index is 1890. The molecule has 0 spiro atoms. The van der Waals surface area contributed by atoms with Crippen molar-refractivity contribution >= 4 is 37.8 Å². The number of hydrogen-bond donors (Lipinski definition) is 0. The lowest BCUT2D eigenvalue weighted by atomic mass is 9.37. The second-order valence-corrected chi connectivity index (χ2v) is 15.0. The van der Waals surface area contributed by atoms with Crippen molar-refractivity contribution in [2.75, 3.05) is 0 Å². The van der Waals surface area contributed by atoms with Crippen LogP contribution in [0.4, 0.5) is 0 Å². The van der Waals surface area contributed by atoms with E-state index >= 15 is 0 Å².